The van der Waals surface area contributed by atoms with Gasteiger partial charge in [0.15, 0.2) is 17.5 Å². The van der Waals surface area contributed by atoms with E-state index in [0.717, 1.165) is 6.07 Å². The molecule has 4 amide bonds. The lowest BCUT2D eigenvalue weighted by Crippen LogP contribution is -2.45. The molecule has 0 aliphatic carbocycles. The first-order valence-electron chi connectivity index (χ1n) is 8.07. The van der Waals surface area contributed by atoms with E-state index in [4.69, 9.17) is 0 Å². The smallest absolute Gasteiger partial charge is 0.321 e. The van der Waals surface area contributed by atoms with Crippen molar-refractivity contribution in [1.82, 2.24) is 16.0 Å². The zero-order valence-electron chi connectivity index (χ0n) is 14.7. The van der Waals surface area contributed by atoms with Crippen molar-refractivity contribution in [3.05, 3.63) is 65.5 Å². The molecule has 1 atom stereocenters. The third-order valence-electron chi connectivity index (χ3n) is 3.63. The van der Waals surface area contributed by atoms with Crippen molar-refractivity contribution in [2.75, 3.05) is 18.9 Å². The Hall–Kier alpha value is -3.40. The Balaban J connectivity index is 2.08. The molecular formula is C18H17F3N4O3. The number of amides is 4. The van der Waals surface area contributed by atoms with Crippen LogP contribution < -0.4 is 21.3 Å². The molecule has 0 saturated carbocycles. The lowest BCUT2D eigenvalue weighted by molar-refractivity contribution is -0.122. The number of carbonyl (C=O) groups excluding carboxylic acids is 3. The van der Waals surface area contributed by atoms with Crippen LogP contribution in [0.15, 0.2) is 42.5 Å². The van der Waals surface area contributed by atoms with Gasteiger partial charge < -0.3 is 10.6 Å². The molecule has 4 N–H and O–H groups in total. The summed E-state index contributed by atoms with van der Waals surface area (Å²) in [5.74, 6) is -6.16. The largest absolute Gasteiger partial charge is 0.341 e. The van der Waals surface area contributed by atoms with Crippen LogP contribution in [0.25, 0.3) is 0 Å². The highest BCUT2D eigenvalue weighted by Gasteiger charge is 2.23. The van der Waals surface area contributed by atoms with Crippen molar-refractivity contribution in [2.45, 2.75) is 6.04 Å². The average molecular weight is 394 g/mol. The van der Waals surface area contributed by atoms with Gasteiger partial charge in [0.05, 0.1) is 12.2 Å². The molecule has 0 radical (unpaired) electrons. The van der Waals surface area contributed by atoms with E-state index in [-0.39, 0.29) is 0 Å². The zero-order valence-corrected chi connectivity index (χ0v) is 14.7. The Bertz CT molecular complexity index is 878. The molecule has 148 valence electrons. The van der Waals surface area contributed by atoms with E-state index in [9.17, 15) is 27.6 Å². The van der Waals surface area contributed by atoms with E-state index in [0.29, 0.717) is 11.6 Å². The van der Waals surface area contributed by atoms with Gasteiger partial charge in [0.2, 0.25) is 11.8 Å². The molecule has 2 aromatic rings. The second-order valence-electron chi connectivity index (χ2n) is 5.56. The fraction of sp³-hybridized carbons (Fsp3) is 0.167. The molecular weight excluding hydrogens is 377 g/mol. The third kappa shape index (κ3) is 5.30. The predicted octanol–water partition coefficient (Wildman–Crippen LogP) is 1.83. The first kappa shape index (κ1) is 20.9. The number of carbonyl (C=O) groups is 3. The lowest BCUT2D eigenvalue weighted by Gasteiger charge is -2.18. The molecule has 7 nitrogen and oxygen atoms in total. The molecule has 0 fully saturated rings. The maximum absolute atomic E-state index is 13.6. The monoisotopic (exact) mass is 394 g/mol. The van der Waals surface area contributed by atoms with Crippen molar-refractivity contribution in [1.29, 1.82) is 0 Å². The van der Waals surface area contributed by atoms with Gasteiger partial charge in [-0.1, -0.05) is 30.3 Å². The van der Waals surface area contributed by atoms with Gasteiger partial charge in [-0.25, -0.2) is 18.0 Å². The van der Waals surface area contributed by atoms with Gasteiger partial charge in [-0.3, -0.25) is 20.2 Å². The molecule has 0 aliphatic heterocycles. The number of nitrogens with one attached hydrogen (secondary N) is 4. The number of hydrogen-bond acceptors (Lipinski definition) is 4. The maximum Gasteiger partial charge on any atom is 0.321 e. The first-order valence-corrected chi connectivity index (χ1v) is 8.07. The van der Waals surface area contributed by atoms with Crippen LogP contribution in [0.2, 0.25) is 0 Å². The highest BCUT2D eigenvalue weighted by atomic mass is 19.2. The first-order chi connectivity index (χ1) is 13.3. The van der Waals surface area contributed by atoms with Gasteiger partial charge in [-0.05, 0) is 17.7 Å². The summed E-state index contributed by atoms with van der Waals surface area (Å²) >= 11 is 0. The molecule has 28 heavy (non-hydrogen) atoms. The number of halogens is 3. The molecule has 0 heterocycles. The molecule has 0 saturated heterocycles. The Morgan fingerprint density at radius 2 is 1.64 bits per heavy atom. The minimum absolute atomic E-state index is 0.468. The second kappa shape index (κ2) is 9.51. The second-order valence-corrected chi connectivity index (χ2v) is 5.56. The Morgan fingerprint density at radius 1 is 0.964 bits per heavy atom. The molecule has 0 unspecified atom stereocenters. The predicted molar refractivity (Wildman–Crippen MR) is 94.7 cm³/mol. The van der Waals surface area contributed by atoms with E-state index in [1.165, 1.54) is 7.05 Å². The normalized spacial score (nSPS) is 11.4. The summed E-state index contributed by atoms with van der Waals surface area (Å²) in [6.07, 6.45) is 0. The van der Waals surface area contributed by atoms with Crippen LogP contribution in [0.3, 0.4) is 0 Å². The quantitative estimate of drug-likeness (QED) is 0.562. The number of benzene rings is 2. The molecule has 0 aliphatic rings. The van der Waals surface area contributed by atoms with Gasteiger partial charge in [0.25, 0.3) is 0 Å². The molecule has 2 rings (SSSR count). The molecule has 2 aromatic carbocycles. The van der Waals surface area contributed by atoms with E-state index < -0.39 is 53.6 Å². The number of urea groups is 1. The molecule has 10 heteroatoms. The SMILES string of the molecule is CNC(=O)NC(=O)[C@@H](NCC(=O)Nc1ccc(F)c(F)c1F)c1ccccc1. The van der Waals surface area contributed by atoms with E-state index in [1.807, 2.05) is 0 Å². The van der Waals surface area contributed by atoms with Gasteiger partial charge in [0, 0.05) is 7.05 Å². The lowest BCUT2D eigenvalue weighted by atomic mass is 10.1. The molecule has 0 aromatic heterocycles. The highest BCUT2D eigenvalue weighted by Crippen LogP contribution is 2.19. The highest BCUT2D eigenvalue weighted by molar-refractivity contribution is 5.98. The summed E-state index contributed by atoms with van der Waals surface area (Å²) in [6.45, 7) is -0.473. The number of hydrogen-bond donors (Lipinski definition) is 4. The van der Waals surface area contributed by atoms with Crippen molar-refractivity contribution in [3.8, 4) is 0 Å². The van der Waals surface area contributed by atoms with Crippen LogP contribution in [-0.2, 0) is 9.59 Å². The Morgan fingerprint density at radius 3 is 2.29 bits per heavy atom. The van der Waals surface area contributed by atoms with Crippen LogP contribution in [0.5, 0.6) is 0 Å². The molecule has 0 spiro atoms. The van der Waals surface area contributed by atoms with Gasteiger partial charge in [-0.15, -0.1) is 0 Å². The summed E-state index contributed by atoms with van der Waals surface area (Å²) in [5, 5.41) is 9.04. The maximum atomic E-state index is 13.6. The van der Waals surface area contributed by atoms with Crippen LogP contribution >= 0.6 is 0 Å². The third-order valence-corrected chi connectivity index (χ3v) is 3.63. The van der Waals surface area contributed by atoms with Crippen molar-refractivity contribution in [3.63, 3.8) is 0 Å². The number of imide groups is 1. The van der Waals surface area contributed by atoms with Gasteiger partial charge >= 0.3 is 6.03 Å². The Kier molecular flexibility index (Phi) is 7.10. The van der Waals surface area contributed by atoms with Gasteiger partial charge in [-0.2, -0.15) is 0 Å². The van der Waals surface area contributed by atoms with Crippen molar-refractivity contribution in [2.24, 2.45) is 0 Å². The molecule has 0 bridgehead atoms. The summed E-state index contributed by atoms with van der Waals surface area (Å²) in [7, 11) is 1.33. The van der Waals surface area contributed by atoms with E-state index in [1.54, 1.807) is 30.3 Å². The standard InChI is InChI=1S/C18H17F3N4O3/c1-22-18(28)25-17(27)16(10-5-3-2-4-6-10)23-9-13(26)24-12-8-7-11(19)14(20)15(12)21/h2-8,16,23H,9H2,1H3,(H,24,26)(H2,22,25,27,28)/t16-/m0/s1. The summed E-state index contributed by atoms with van der Waals surface area (Å²) < 4.78 is 39.8. The summed E-state index contributed by atoms with van der Waals surface area (Å²) in [4.78, 5) is 35.7. The van der Waals surface area contributed by atoms with Crippen LogP contribution in [-0.4, -0.2) is 31.4 Å². The van der Waals surface area contributed by atoms with E-state index in [2.05, 4.69) is 21.3 Å². The fourth-order valence-electron chi connectivity index (χ4n) is 2.27. The summed E-state index contributed by atoms with van der Waals surface area (Å²) in [5.41, 5.74) is -0.0764. The average Bonchev–Trinajstić information content (AvgIpc) is 2.69. The van der Waals surface area contributed by atoms with Crippen LogP contribution in [0.4, 0.5) is 23.7 Å². The topological polar surface area (TPSA) is 99.3 Å². The minimum atomic E-state index is -1.71. The van der Waals surface area contributed by atoms with Crippen molar-refractivity contribution >= 4 is 23.5 Å². The number of anilines is 1. The summed E-state index contributed by atoms with van der Waals surface area (Å²) in [6, 6.07) is 7.99. The zero-order chi connectivity index (χ0) is 20.7. The van der Waals surface area contributed by atoms with E-state index >= 15 is 0 Å². The minimum Gasteiger partial charge on any atom is -0.341 e. The van der Waals surface area contributed by atoms with Crippen LogP contribution in [0.1, 0.15) is 11.6 Å². The fourth-order valence-corrected chi connectivity index (χ4v) is 2.27. The Labute approximate surface area is 158 Å². The van der Waals surface area contributed by atoms with Crippen LogP contribution in [0, 0.1) is 17.5 Å². The number of rotatable bonds is 6. The van der Waals surface area contributed by atoms with Gasteiger partial charge in [0.1, 0.15) is 6.04 Å². The van der Waals surface area contributed by atoms with Crippen molar-refractivity contribution < 1.29 is 27.6 Å².